The van der Waals surface area contributed by atoms with Crippen LogP contribution in [0.25, 0.3) is 28.3 Å². The van der Waals surface area contributed by atoms with Crippen molar-refractivity contribution in [3.05, 3.63) is 81.8 Å². The Kier molecular flexibility index (Phi) is 3.27. The number of nitrogens with one attached hydrogen (secondary N) is 1. The molecular formula is C21H13N5O. The molecule has 6 heteroatoms. The summed E-state index contributed by atoms with van der Waals surface area (Å²) < 4.78 is 1.69. The first-order valence-corrected chi connectivity index (χ1v) is 8.45. The smallest absolute Gasteiger partial charge is 0.263 e. The van der Waals surface area contributed by atoms with E-state index in [1.54, 1.807) is 4.57 Å². The number of hydrogen-bond donors (Lipinski definition) is 1. The molecule has 4 aromatic rings. The minimum atomic E-state index is -0.0989. The number of benzene rings is 2. The lowest BCUT2D eigenvalue weighted by atomic mass is 10.1. The van der Waals surface area contributed by atoms with E-state index in [1.807, 2.05) is 61.5 Å². The summed E-state index contributed by atoms with van der Waals surface area (Å²) in [5.74, 6) is 0.341. The zero-order valence-corrected chi connectivity index (χ0v) is 14.4. The average Bonchev–Trinajstić information content (AvgIpc) is 3.34. The molecule has 0 saturated carbocycles. The van der Waals surface area contributed by atoms with Crippen LogP contribution < -0.4 is 10.6 Å². The van der Waals surface area contributed by atoms with Gasteiger partial charge < -0.3 is 0 Å². The number of tetrazole rings is 1. The van der Waals surface area contributed by atoms with Gasteiger partial charge in [0.2, 0.25) is 5.82 Å². The number of allylic oxidation sites excluding steroid dienone is 1. The van der Waals surface area contributed by atoms with Gasteiger partial charge in [0.25, 0.3) is 5.91 Å². The van der Waals surface area contributed by atoms with Crippen molar-refractivity contribution in [3.8, 4) is 0 Å². The number of aromatic amines is 1. The average molecular weight is 351 g/mol. The SMILES string of the molecule is Cc1ccc(C(=O)n2c3c(c4ccccc42)=CC(c2nn[nH]n2)=C=C=3)cc1. The summed E-state index contributed by atoms with van der Waals surface area (Å²) in [6, 6.07) is 15.4. The first-order chi connectivity index (χ1) is 13.2. The van der Waals surface area contributed by atoms with Crippen LogP contribution in [0.15, 0.2) is 54.3 Å². The highest BCUT2D eigenvalue weighted by atomic mass is 16.2. The number of aromatic nitrogens is 5. The van der Waals surface area contributed by atoms with Crippen LogP contribution >= 0.6 is 0 Å². The van der Waals surface area contributed by atoms with Gasteiger partial charge in [0, 0.05) is 16.2 Å². The number of para-hydroxylation sites is 1. The number of fused-ring (bicyclic) bond motifs is 3. The van der Waals surface area contributed by atoms with E-state index < -0.39 is 0 Å². The Morgan fingerprint density at radius 1 is 1.07 bits per heavy atom. The molecule has 2 aromatic heterocycles. The van der Waals surface area contributed by atoms with Crippen LogP contribution in [-0.4, -0.2) is 31.1 Å². The fraction of sp³-hybridized carbons (Fsp3) is 0.0476. The van der Waals surface area contributed by atoms with E-state index in [1.165, 1.54) is 0 Å². The second-order valence-corrected chi connectivity index (χ2v) is 6.33. The minimum Gasteiger partial charge on any atom is -0.268 e. The van der Waals surface area contributed by atoms with Crippen molar-refractivity contribution >= 4 is 34.2 Å². The number of nitrogens with zero attached hydrogens (tertiary/aromatic N) is 4. The van der Waals surface area contributed by atoms with Crippen LogP contribution in [0.5, 0.6) is 0 Å². The van der Waals surface area contributed by atoms with Gasteiger partial charge in [-0.15, -0.1) is 10.2 Å². The number of carbonyl (C=O) groups excluding carboxylic acids is 1. The van der Waals surface area contributed by atoms with Crippen molar-refractivity contribution in [2.24, 2.45) is 0 Å². The van der Waals surface area contributed by atoms with E-state index in [0.29, 0.717) is 22.3 Å². The highest BCUT2D eigenvalue weighted by Gasteiger charge is 2.17. The summed E-state index contributed by atoms with van der Waals surface area (Å²) in [5.41, 5.74) is 9.40. The maximum atomic E-state index is 13.2. The molecule has 0 saturated heterocycles. The van der Waals surface area contributed by atoms with E-state index in [9.17, 15) is 4.79 Å². The topological polar surface area (TPSA) is 76.5 Å². The maximum absolute atomic E-state index is 13.2. The van der Waals surface area contributed by atoms with Crippen LogP contribution in [-0.2, 0) is 0 Å². The Balaban J connectivity index is 1.84. The lowest BCUT2D eigenvalue weighted by Gasteiger charge is -2.05. The molecule has 1 N–H and O–H groups in total. The Morgan fingerprint density at radius 2 is 1.89 bits per heavy atom. The van der Waals surface area contributed by atoms with Gasteiger partial charge >= 0.3 is 0 Å². The van der Waals surface area contributed by atoms with Gasteiger partial charge in [-0.3, -0.25) is 9.36 Å². The molecule has 0 unspecified atom stereocenters. The standard InChI is InChI=1S/C21H13N5O/c1-13-6-8-14(9-7-13)21(27)26-18-5-3-2-4-16(18)17-12-15(10-11-19(17)26)20-22-24-25-23-20/h2-9,12H,1H3,(H,22,23,24,25). The Morgan fingerprint density at radius 3 is 2.67 bits per heavy atom. The molecule has 2 heterocycles. The fourth-order valence-electron chi connectivity index (χ4n) is 3.27. The van der Waals surface area contributed by atoms with Gasteiger partial charge in [-0.25, -0.2) is 0 Å². The predicted molar refractivity (Wildman–Crippen MR) is 101 cm³/mol. The van der Waals surface area contributed by atoms with Crippen LogP contribution in [0.3, 0.4) is 0 Å². The molecule has 0 radical (unpaired) electrons. The van der Waals surface area contributed by atoms with Crippen LogP contribution in [0.4, 0.5) is 0 Å². The molecule has 5 rings (SSSR count). The van der Waals surface area contributed by atoms with Crippen LogP contribution in [0, 0.1) is 6.92 Å². The van der Waals surface area contributed by atoms with Gasteiger partial charge in [-0.05, 0) is 42.1 Å². The maximum Gasteiger partial charge on any atom is 0.263 e. The third kappa shape index (κ3) is 2.37. The van der Waals surface area contributed by atoms with E-state index in [4.69, 9.17) is 0 Å². The third-order valence-electron chi connectivity index (χ3n) is 4.61. The number of aryl methyl sites for hydroxylation is 1. The second kappa shape index (κ2) is 5.78. The van der Waals surface area contributed by atoms with E-state index in [-0.39, 0.29) is 5.91 Å². The largest absolute Gasteiger partial charge is 0.268 e. The first-order valence-electron chi connectivity index (χ1n) is 8.45. The zero-order valence-electron chi connectivity index (χ0n) is 14.4. The Hall–Kier alpha value is -3.98. The number of rotatable bonds is 2. The van der Waals surface area contributed by atoms with E-state index in [2.05, 4.69) is 32.1 Å². The van der Waals surface area contributed by atoms with Crippen LogP contribution in [0.1, 0.15) is 21.7 Å². The summed E-state index contributed by atoms with van der Waals surface area (Å²) in [6.45, 7) is 2.00. The number of hydrogen-bond acceptors (Lipinski definition) is 4. The summed E-state index contributed by atoms with van der Waals surface area (Å²) in [5, 5.41) is 16.6. The summed E-state index contributed by atoms with van der Waals surface area (Å²) >= 11 is 0. The summed E-state index contributed by atoms with van der Waals surface area (Å²) in [4.78, 5) is 13.2. The van der Waals surface area contributed by atoms with Crippen LogP contribution in [0.2, 0.25) is 0 Å². The molecule has 0 atom stereocenters. The highest BCUT2D eigenvalue weighted by molar-refractivity contribution is 6.04. The molecule has 6 nitrogen and oxygen atoms in total. The van der Waals surface area contributed by atoms with Crippen molar-refractivity contribution in [3.63, 3.8) is 0 Å². The number of H-pyrrole nitrogens is 1. The van der Waals surface area contributed by atoms with Gasteiger partial charge in [0.05, 0.1) is 11.1 Å². The van der Waals surface area contributed by atoms with Crippen molar-refractivity contribution in [1.82, 2.24) is 25.2 Å². The predicted octanol–water partition coefficient (Wildman–Crippen LogP) is 1.56. The first kappa shape index (κ1) is 15.3. The monoisotopic (exact) mass is 351 g/mol. The van der Waals surface area contributed by atoms with Gasteiger partial charge in [-0.1, -0.05) is 41.6 Å². The van der Waals surface area contributed by atoms with Gasteiger partial charge in [0.1, 0.15) is 5.35 Å². The lowest BCUT2D eigenvalue weighted by Crippen LogP contribution is -2.33. The van der Waals surface area contributed by atoms with Gasteiger partial charge in [-0.2, -0.15) is 5.21 Å². The number of carbonyl (C=O) groups is 1. The molecule has 0 spiro atoms. The summed E-state index contributed by atoms with van der Waals surface area (Å²) in [6.07, 6.45) is 1.91. The molecular weight excluding hydrogens is 338 g/mol. The van der Waals surface area contributed by atoms with Crippen molar-refractivity contribution < 1.29 is 4.79 Å². The normalized spacial score (nSPS) is 12.3. The second-order valence-electron chi connectivity index (χ2n) is 6.33. The molecule has 0 aliphatic heterocycles. The Labute approximate surface area is 153 Å². The quantitative estimate of drug-likeness (QED) is 0.556. The molecule has 1 aliphatic carbocycles. The van der Waals surface area contributed by atoms with E-state index >= 15 is 0 Å². The van der Waals surface area contributed by atoms with Crippen molar-refractivity contribution in [1.29, 1.82) is 0 Å². The molecule has 27 heavy (non-hydrogen) atoms. The highest BCUT2D eigenvalue weighted by Crippen LogP contribution is 2.15. The molecule has 128 valence electrons. The Bertz CT molecular complexity index is 1400. The molecule has 0 bridgehead atoms. The fourth-order valence-corrected chi connectivity index (χ4v) is 3.27. The lowest BCUT2D eigenvalue weighted by molar-refractivity contribution is 0.0962. The molecule has 1 aliphatic rings. The molecule has 0 fully saturated rings. The van der Waals surface area contributed by atoms with E-state index in [0.717, 1.165) is 21.7 Å². The zero-order chi connectivity index (χ0) is 18.4. The van der Waals surface area contributed by atoms with Crippen molar-refractivity contribution in [2.75, 3.05) is 0 Å². The molecule has 2 aromatic carbocycles. The summed E-state index contributed by atoms with van der Waals surface area (Å²) in [7, 11) is 0. The third-order valence-corrected chi connectivity index (χ3v) is 4.61. The van der Waals surface area contributed by atoms with Crippen molar-refractivity contribution in [2.45, 2.75) is 6.92 Å². The van der Waals surface area contributed by atoms with Gasteiger partial charge in [0.15, 0.2) is 0 Å². The minimum absolute atomic E-state index is 0.0989. The molecule has 0 amide bonds.